The first-order chi connectivity index (χ1) is 9.47. The zero-order valence-corrected chi connectivity index (χ0v) is 14.2. The number of aryl methyl sites for hydroxylation is 2. The van der Waals surface area contributed by atoms with Gasteiger partial charge in [-0.2, -0.15) is 0 Å². The highest BCUT2D eigenvalue weighted by Crippen LogP contribution is 2.15. The molecule has 0 aliphatic heterocycles. The number of thiocarbonyl (C=S) groups is 1. The molecule has 0 aliphatic carbocycles. The van der Waals surface area contributed by atoms with Crippen molar-refractivity contribution >= 4 is 39.9 Å². The van der Waals surface area contributed by atoms with Gasteiger partial charge in [-0.25, -0.2) is 0 Å². The van der Waals surface area contributed by atoms with Crippen molar-refractivity contribution in [1.82, 2.24) is 4.90 Å². The molecule has 0 spiro atoms. The van der Waals surface area contributed by atoms with E-state index in [1.54, 1.807) is 0 Å². The SMILES string of the molecule is CCN(CC)C(=S)SCC(=O)Nc1ccc(C)c(C)c1. The first-order valence-corrected chi connectivity index (χ1v) is 8.16. The lowest BCUT2D eigenvalue weighted by Gasteiger charge is -2.20. The summed E-state index contributed by atoms with van der Waals surface area (Å²) < 4.78 is 0.783. The van der Waals surface area contributed by atoms with Gasteiger partial charge in [-0.05, 0) is 51.0 Å². The predicted molar refractivity (Wildman–Crippen MR) is 92.5 cm³/mol. The van der Waals surface area contributed by atoms with Crippen LogP contribution in [-0.4, -0.2) is 34.0 Å². The Morgan fingerprint density at radius 3 is 2.45 bits per heavy atom. The number of anilines is 1. The van der Waals surface area contributed by atoms with Gasteiger partial charge in [-0.1, -0.05) is 30.0 Å². The van der Waals surface area contributed by atoms with Crippen molar-refractivity contribution in [2.75, 3.05) is 24.2 Å². The van der Waals surface area contributed by atoms with Gasteiger partial charge < -0.3 is 10.2 Å². The lowest BCUT2D eigenvalue weighted by atomic mass is 10.1. The summed E-state index contributed by atoms with van der Waals surface area (Å²) in [7, 11) is 0. The van der Waals surface area contributed by atoms with Gasteiger partial charge in [0.25, 0.3) is 0 Å². The van der Waals surface area contributed by atoms with Crippen LogP contribution in [0.4, 0.5) is 5.69 Å². The summed E-state index contributed by atoms with van der Waals surface area (Å²) in [5, 5.41) is 2.90. The first-order valence-electron chi connectivity index (χ1n) is 6.76. The molecule has 0 saturated heterocycles. The number of hydrogen-bond donors (Lipinski definition) is 1. The molecule has 5 heteroatoms. The standard InChI is InChI=1S/C15H22N2OS2/c1-5-17(6-2)15(19)20-10-14(18)16-13-8-7-11(3)12(4)9-13/h7-9H,5-6,10H2,1-4H3,(H,16,18). The summed E-state index contributed by atoms with van der Waals surface area (Å²) in [6, 6.07) is 5.92. The van der Waals surface area contributed by atoms with Gasteiger partial charge in [-0.3, -0.25) is 4.79 Å². The number of benzene rings is 1. The summed E-state index contributed by atoms with van der Waals surface area (Å²) in [6.07, 6.45) is 0. The van der Waals surface area contributed by atoms with Crippen molar-refractivity contribution in [3.8, 4) is 0 Å². The molecule has 1 aromatic carbocycles. The Kier molecular flexibility index (Phi) is 7.02. The molecule has 1 rings (SSSR count). The number of thioether (sulfide) groups is 1. The third-order valence-electron chi connectivity index (χ3n) is 3.14. The average Bonchev–Trinajstić information content (AvgIpc) is 2.42. The average molecular weight is 310 g/mol. The molecule has 1 N–H and O–H groups in total. The Hall–Kier alpha value is -1.07. The van der Waals surface area contributed by atoms with Crippen LogP contribution < -0.4 is 5.32 Å². The molecule has 0 aromatic heterocycles. The quantitative estimate of drug-likeness (QED) is 0.842. The molecule has 20 heavy (non-hydrogen) atoms. The first kappa shape index (κ1) is 17.0. The monoisotopic (exact) mass is 310 g/mol. The molecular weight excluding hydrogens is 288 g/mol. The molecule has 110 valence electrons. The van der Waals surface area contributed by atoms with Crippen molar-refractivity contribution < 1.29 is 4.79 Å². The topological polar surface area (TPSA) is 32.3 Å². The Labute approximate surface area is 131 Å². The van der Waals surface area contributed by atoms with E-state index in [1.165, 1.54) is 22.9 Å². The molecule has 1 amide bonds. The van der Waals surface area contributed by atoms with Gasteiger partial charge in [0.15, 0.2) is 0 Å². The largest absolute Gasteiger partial charge is 0.358 e. The van der Waals surface area contributed by atoms with Crippen LogP contribution in [0, 0.1) is 13.8 Å². The Bertz CT molecular complexity index is 485. The normalized spacial score (nSPS) is 10.2. The molecule has 0 heterocycles. The van der Waals surface area contributed by atoms with Gasteiger partial charge in [0.2, 0.25) is 5.91 Å². The molecule has 0 radical (unpaired) electrons. The third-order valence-corrected chi connectivity index (χ3v) is 4.66. The summed E-state index contributed by atoms with van der Waals surface area (Å²) in [5.41, 5.74) is 3.24. The second-order valence-electron chi connectivity index (χ2n) is 4.57. The number of carbonyl (C=O) groups excluding carboxylic acids is 1. The number of carbonyl (C=O) groups is 1. The molecular formula is C15H22N2OS2. The van der Waals surface area contributed by atoms with Crippen molar-refractivity contribution in [2.45, 2.75) is 27.7 Å². The van der Waals surface area contributed by atoms with Gasteiger partial charge in [0.05, 0.1) is 5.75 Å². The molecule has 0 bridgehead atoms. The number of amides is 1. The van der Waals surface area contributed by atoms with Gasteiger partial charge in [0, 0.05) is 18.8 Å². The second-order valence-corrected chi connectivity index (χ2v) is 6.18. The van der Waals surface area contributed by atoms with E-state index < -0.39 is 0 Å². The zero-order chi connectivity index (χ0) is 15.1. The smallest absolute Gasteiger partial charge is 0.234 e. The van der Waals surface area contributed by atoms with Gasteiger partial charge >= 0.3 is 0 Å². The van der Waals surface area contributed by atoms with Crippen LogP contribution in [0.5, 0.6) is 0 Å². The fraction of sp³-hybridized carbons (Fsp3) is 0.467. The summed E-state index contributed by atoms with van der Waals surface area (Å²) >= 11 is 6.72. The van der Waals surface area contributed by atoms with Crippen LogP contribution in [0.3, 0.4) is 0 Å². The van der Waals surface area contributed by atoms with E-state index in [-0.39, 0.29) is 5.91 Å². The summed E-state index contributed by atoms with van der Waals surface area (Å²) in [6.45, 7) is 9.97. The van der Waals surface area contributed by atoms with E-state index in [0.29, 0.717) is 5.75 Å². The molecule has 1 aromatic rings. The van der Waals surface area contributed by atoms with E-state index in [2.05, 4.69) is 31.0 Å². The minimum atomic E-state index is -0.0206. The number of hydrogen-bond acceptors (Lipinski definition) is 3. The molecule has 0 saturated carbocycles. The predicted octanol–water partition coefficient (Wildman–Crippen LogP) is 3.60. The van der Waals surface area contributed by atoms with Crippen LogP contribution >= 0.6 is 24.0 Å². The molecule has 0 unspecified atom stereocenters. The molecule has 0 atom stereocenters. The highest BCUT2D eigenvalue weighted by molar-refractivity contribution is 8.23. The third kappa shape index (κ3) is 5.13. The van der Waals surface area contributed by atoms with E-state index in [9.17, 15) is 4.79 Å². The molecule has 3 nitrogen and oxygen atoms in total. The maximum atomic E-state index is 11.9. The lowest BCUT2D eigenvalue weighted by Crippen LogP contribution is -2.28. The Balaban J connectivity index is 2.47. The van der Waals surface area contributed by atoms with E-state index in [0.717, 1.165) is 23.1 Å². The second kappa shape index (κ2) is 8.27. The fourth-order valence-corrected chi connectivity index (χ4v) is 2.92. The lowest BCUT2D eigenvalue weighted by molar-refractivity contribution is -0.113. The molecule has 0 fully saturated rings. The highest BCUT2D eigenvalue weighted by atomic mass is 32.2. The number of rotatable bonds is 5. The van der Waals surface area contributed by atoms with Gasteiger partial charge in [-0.15, -0.1) is 0 Å². The van der Waals surface area contributed by atoms with Crippen LogP contribution in [-0.2, 0) is 4.79 Å². The highest BCUT2D eigenvalue weighted by Gasteiger charge is 2.09. The number of nitrogens with one attached hydrogen (secondary N) is 1. The van der Waals surface area contributed by atoms with Crippen molar-refractivity contribution in [3.05, 3.63) is 29.3 Å². The molecule has 0 aliphatic rings. The minimum absolute atomic E-state index is 0.0206. The van der Waals surface area contributed by atoms with E-state index >= 15 is 0 Å². The maximum Gasteiger partial charge on any atom is 0.234 e. The van der Waals surface area contributed by atoms with E-state index in [4.69, 9.17) is 12.2 Å². The fourth-order valence-electron chi connectivity index (χ4n) is 1.72. The minimum Gasteiger partial charge on any atom is -0.358 e. The van der Waals surface area contributed by atoms with Gasteiger partial charge in [0.1, 0.15) is 4.32 Å². The van der Waals surface area contributed by atoms with Crippen LogP contribution in [0.2, 0.25) is 0 Å². The van der Waals surface area contributed by atoms with E-state index in [1.807, 2.05) is 25.1 Å². The maximum absolute atomic E-state index is 11.9. The Morgan fingerprint density at radius 2 is 1.90 bits per heavy atom. The summed E-state index contributed by atoms with van der Waals surface area (Å²) in [4.78, 5) is 14.0. The Morgan fingerprint density at radius 1 is 1.25 bits per heavy atom. The van der Waals surface area contributed by atoms with Crippen LogP contribution in [0.25, 0.3) is 0 Å². The zero-order valence-electron chi connectivity index (χ0n) is 12.5. The van der Waals surface area contributed by atoms with Crippen LogP contribution in [0.15, 0.2) is 18.2 Å². The van der Waals surface area contributed by atoms with Crippen LogP contribution in [0.1, 0.15) is 25.0 Å². The number of nitrogens with zero attached hydrogens (tertiary/aromatic N) is 1. The summed E-state index contributed by atoms with van der Waals surface area (Å²) in [5.74, 6) is 0.329. The van der Waals surface area contributed by atoms with Crippen molar-refractivity contribution in [3.63, 3.8) is 0 Å². The van der Waals surface area contributed by atoms with Crippen molar-refractivity contribution in [1.29, 1.82) is 0 Å². The van der Waals surface area contributed by atoms with Crippen molar-refractivity contribution in [2.24, 2.45) is 0 Å².